The fourth-order valence-corrected chi connectivity index (χ4v) is 3.44. The van der Waals surface area contributed by atoms with Crippen molar-refractivity contribution in [2.45, 2.75) is 50.1 Å². The second-order valence-corrected chi connectivity index (χ2v) is 6.93. The molecule has 0 aliphatic heterocycles. The molecule has 1 aliphatic rings. The summed E-state index contributed by atoms with van der Waals surface area (Å²) in [5.74, 6) is -0.314. The van der Waals surface area contributed by atoms with E-state index in [0.717, 1.165) is 37.3 Å². The predicted octanol–water partition coefficient (Wildman–Crippen LogP) is 4.02. The van der Waals surface area contributed by atoms with Crippen molar-refractivity contribution >= 4 is 6.29 Å². The molecular formula is C20H21F3N2O2. The zero-order valence-corrected chi connectivity index (χ0v) is 14.7. The fraction of sp³-hybridized carbons (Fsp3) is 0.450. The van der Waals surface area contributed by atoms with E-state index < -0.39 is 17.8 Å². The van der Waals surface area contributed by atoms with Gasteiger partial charge in [-0.2, -0.15) is 13.2 Å². The number of hydrogen-bond acceptors (Lipinski definition) is 4. The summed E-state index contributed by atoms with van der Waals surface area (Å²) in [5, 5.41) is 9.17. The van der Waals surface area contributed by atoms with Gasteiger partial charge in [0.05, 0.1) is 12.5 Å². The summed E-state index contributed by atoms with van der Waals surface area (Å²) in [7, 11) is 0. The van der Waals surface area contributed by atoms with Crippen LogP contribution in [0.5, 0.6) is 0 Å². The van der Waals surface area contributed by atoms with E-state index in [0.29, 0.717) is 17.5 Å². The van der Waals surface area contributed by atoms with Gasteiger partial charge in [0, 0.05) is 18.0 Å². The topological polar surface area (TPSA) is 63.1 Å². The number of aromatic nitrogens is 2. The maximum absolute atomic E-state index is 13.2. The molecule has 1 aromatic carbocycles. The lowest BCUT2D eigenvalue weighted by molar-refractivity contribution is -0.141. The van der Waals surface area contributed by atoms with Crippen molar-refractivity contribution in [3.05, 3.63) is 58.7 Å². The van der Waals surface area contributed by atoms with E-state index in [1.54, 1.807) is 24.3 Å². The number of alkyl halides is 3. The van der Waals surface area contributed by atoms with Crippen molar-refractivity contribution in [3.8, 4) is 0 Å². The normalized spacial score (nSPS) is 16.4. The molecule has 1 fully saturated rings. The first kappa shape index (κ1) is 19.5. The molecule has 144 valence electrons. The molecule has 0 radical (unpaired) electrons. The van der Waals surface area contributed by atoms with Crippen LogP contribution in [-0.4, -0.2) is 28.0 Å². The number of benzene rings is 1. The van der Waals surface area contributed by atoms with Gasteiger partial charge in [-0.15, -0.1) is 0 Å². The first-order chi connectivity index (χ1) is 12.9. The van der Waals surface area contributed by atoms with Gasteiger partial charge in [0.25, 0.3) is 0 Å². The molecule has 1 N–H and O–H groups in total. The molecule has 2 aromatic rings. The van der Waals surface area contributed by atoms with Gasteiger partial charge in [0.1, 0.15) is 17.8 Å². The Bertz CT molecular complexity index is 785. The maximum atomic E-state index is 13.2. The lowest BCUT2D eigenvalue weighted by Crippen LogP contribution is -2.14. The average molecular weight is 378 g/mol. The van der Waals surface area contributed by atoms with Gasteiger partial charge in [0.15, 0.2) is 0 Å². The number of carbonyl (C=O) groups is 1. The van der Waals surface area contributed by atoms with Crippen LogP contribution in [0.25, 0.3) is 0 Å². The van der Waals surface area contributed by atoms with E-state index in [-0.39, 0.29) is 24.8 Å². The minimum absolute atomic E-state index is 0.00803. The van der Waals surface area contributed by atoms with E-state index in [1.807, 2.05) is 0 Å². The van der Waals surface area contributed by atoms with Crippen LogP contribution in [-0.2, 0) is 17.4 Å². The highest BCUT2D eigenvalue weighted by Crippen LogP contribution is 2.35. The van der Waals surface area contributed by atoms with Crippen LogP contribution in [0.1, 0.15) is 65.9 Å². The monoisotopic (exact) mass is 378 g/mol. The van der Waals surface area contributed by atoms with E-state index in [9.17, 15) is 23.1 Å². The lowest BCUT2D eigenvalue weighted by atomic mass is 9.98. The number of halogens is 3. The number of carbonyl (C=O) groups excluding carboxylic acids is 1. The minimum atomic E-state index is -4.51. The SMILES string of the molecule is O=CC(CO)c1ccc(Cc2cc(C(F)(F)F)nc(C3CCCC3)n2)cc1. The molecule has 1 aliphatic carbocycles. The molecule has 1 unspecified atom stereocenters. The van der Waals surface area contributed by atoms with Gasteiger partial charge in [-0.1, -0.05) is 37.1 Å². The van der Waals surface area contributed by atoms with Crippen LogP contribution < -0.4 is 0 Å². The third-order valence-corrected chi connectivity index (χ3v) is 4.96. The highest BCUT2D eigenvalue weighted by Gasteiger charge is 2.34. The number of nitrogens with zero attached hydrogens (tertiary/aromatic N) is 2. The molecule has 7 heteroatoms. The molecule has 1 heterocycles. The molecule has 27 heavy (non-hydrogen) atoms. The van der Waals surface area contributed by atoms with Gasteiger partial charge in [-0.05, 0) is 30.0 Å². The highest BCUT2D eigenvalue weighted by atomic mass is 19.4. The number of aliphatic hydroxyl groups excluding tert-OH is 1. The first-order valence-electron chi connectivity index (χ1n) is 9.00. The number of hydrogen-bond donors (Lipinski definition) is 1. The second-order valence-electron chi connectivity index (χ2n) is 6.93. The molecule has 4 nitrogen and oxygen atoms in total. The Morgan fingerprint density at radius 1 is 1.15 bits per heavy atom. The lowest BCUT2D eigenvalue weighted by Gasteiger charge is -2.14. The molecule has 1 aromatic heterocycles. The minimum Gasteiger partial charge on any atom is -0.395 e. The Morgan fingerprint density at radius 2 is 1.81 bits per heavy atom. The molecule has 3 rings (SSSR count). The highest BCUT2D eigenvalue weighted by molar-refractivity contribution is 5.62. The molecule has 0 bridgehead atoms. The Hall–Kier alpha value is -2.28. The quantitative estimate of drug-likeness (QED) is 0.772. The molecule has 0 spiro atoms. The van der Waals surface area contributed by atoms with Crippen molar-refractivity contribution in [2.24, 2.45) is 0 Å². The summed E-state index contributed by atoms with van der Waals surface area (Å²) in [5.41, 5.74) is 0.889. The molecule has 1 atom stereocenters. The molecule has 0 amide bonds. The van der Waals surface area contributed by atoms with Crippen molar-refractivity contribution in [3.63, 3.8) is 0 Å². The Balaban J connectivity index is 1.87. The standard InChI is InChI=1S/C20H21F3N2O2/c21-20(22,23)18-10-17(24-19(25-18)15-3-1-2-4-15)9-13-5-7-14(8-6-13)16(11-26)12-27/h5-8,10-11,15-16,27H,1-4,9,12H2. The maximum Gasteiger partial charge on any atom is 0.433 e. The third-order valence-electron chi connectivity index (χ3n) is 4.96. The Morgan fingerprint density at radius 3 is 2.37 bits per heavy atom. The predicted molar refractivity (Wildman–Crippen MR) is 93.4 cm³/mol. The number of aliphatic hydroxyl groups is 1. The summed E-state index contributed by atoms with van der Waals surface area (Å²) in [6.45, 7) is -0.283. The zero-order chi connectivity index (χ0) is 19.4. The van der Waals surface area contributed by atoms with Gasteiger partial charge >= 0.3 is 6.18 Å². The van der Waals surface area contributed by atoms with Crippen LogP contribution in [0.2, 0.25) is 0 Å². The van der Waals surface area contributed by atoms with E-state index >= 15 is 0 Å². The third kappa shape index (κ3) is 4.71. The number of rotatable bonds is 6. The summed E-state index contributed by atoms with van der Waals surface area (Å²) in [4.78, 5) is 19.1. The van der Waals surface area contributed by atoms with E-state index in [2.05, 4.69) is 9.97 Å². The van der Waals surface area contributed by atoms with Crippen molar-refractivity contribution < 1.29 is 23.1 Å². The van der Waals surface area contributed by atoms with Crippen molar-refractivity contribution in [1.82, 2.24) is 9.97 Å². The van der Waals surface area contributed by atoms with Crippen molar-refractivity contribution in [2.75, 3.05) is 6.61 Å². The van der Waals surface area contributed by atoms with Gasteiger partial charge in [-0.3, -0.25) is 0 Å². The van der Waals surface area contributed by atoms with Crippen LogP contribution in [0.15, 0.2) is 30.3 Å². The van der Waals surface area contributed by atoms with Gasteiger partial charge < -0.3 is 9.90 Å². The molecule has 1 saturated carbocycles. The van der Waals surface area contributed by atoms with E-state index in [1.165, 1.54) is 0 Å². The largest absolute Gasteiger partial charge is 0.433 e. The number of aldehydes is 1. The first-order valence-corrected chi connectivity index (χ1v) is 9.00. The molecule has 0 saturated heterocycles. The van der Waals surface area contributed by atoms with Crippen LogP contribution >= 0.6 is 0 Å². The zero-order valence-electron chi connectivity index (χ0n) is 14.7. The Kier molecular flexibility index (Phi) is 5.89. The Labute approximate surface area is 155 Å². The second kappa shape index (κ2) is 8.17. The smallest absolute Gasteiger partial charge is 0.395 e. The summed E-state index contributed by atoms with van der Waals surface area (Å²) in [6.07, 6.45) is 0.0354. The summed E-state index contributed by atoms with van der Waals surface area (Å²) < 4.78 is 39.7. The summed E-state index contributed by atoms with van der Waals surface area (Å²) in [6, 6.07) is 7.90. The van der Waals surface area contributed by atoms with Crippen LogP contribution in [0, 0.1) is 0 Å². The van der Waals surface area contributed by atoms with E-state index in [4.69, 9.17) is 0 Å². The summed E-state index contributed by atoms with van der Waals surface area (Å²) >= 11 is 0. The average Bonchev–Trinajstić information content (AvgIpc) is 3.18. The van der Waals surface area contributed by atoms with Crippen molar-refractivity contribution in [1.29, 1.82) is 0 Å². The van der Waals surface area contributed by atoms with Gasteiger partial charge in [-0.25, -0.2) is 9.97 Å². The van der Waals surface area contributed by atoms with Crippen LogP contribution in [0.4, 0.5) is 13.2 Å². The van der Waals surface area contributed by atoms with Gasteiger partial charge in [0.2, 0.25) is 0 Å². The molecular weight excluding hydrogens is 357 g/mol. The fourth-order valence-electron chi connectivity index (χ4n) is 3.44. The van der Waals surface area contributed by atoms with Crippen LogP contribution in [0.3, 0.4) is 0 Å².